The number of nitriles is 1. The highest BCUT2D eigenvalue weighted by molar-refractivity contribution is 5.42. The fourth-order valence-electron chi connectivity index (χ4n) is 2.26. The lowest BCUT2D eigenvalue weighted by molar-refractivity contribution is 0.391. The van der Waals surface area contributed by atoms with Crippen molar-refractivity contribution in [2.24, 2.45) is 0 Å². The van der Waals surface area contributed by atoms with Crippen molar-refractivity contribution in [1.29, 1.82) is 5.26 Å². The maximum absolute atomic E-state index is 8.81. The molecule has 22 heavy (non-hydrogen) atoms. The molecule has 0 spiro atoms. The van der Waals surface area contributed by atoms with Crippen LogP contribution in [0.4, 0.5) is 0 Å². The molecule has 2 rings (SSSR count). The molecule has 1 N–H and O–H groups in total. The third-order valence-corrected chi connectivity index (χ3v) is 3.60. The highest BCUT2D eigenvalue weighted by Crippen LogP contribution is 2.29. The van der Waals surface area contributed by atoms with Crippen LogP contribution in [0, 0.1) is 11.3 Å². The Labute approximate surface area is 131 Å². The Hall–Kier alpha value is -2.51. The van der Waals surface area contributed by atoms with Crippen LogP contribution in [0.15, 0.2) is 42.5 Å². The lowest BCUT2D eigenvalue weighted by atomic mass is 10.1. The summed E-state index contributed by atoms with van der Waals surface area (Å²) in [7, 11) is 3.32. The Bertz CT molecular complexity index is 660. The van der Waals surface area contributed by atoms with Crippen LogP contribution in [0.2, 0.25) is 0 Å². The summed E-state index contributed by atoms with van der Waals surface area (Å²) in [6, 6.07) is 15.6. The van der Waals surface area contributed by atoms with Crippen molar-refractivity contribution in [2.45, 2.75) is 19.5 Å². The lowest BCUT2D eigenvalue weighted by Gasteiger charge is -2.18. The number of hydrogen-bond donors (Lipinski definition) is 1. The molecule has 4 heteroatoms. The number of hydrogen-bond acceptors (Lipinski definition) is 4. The molecule has 0 aliphatic rings. The predicted octanol–water partition coefficient (Wildman–Crippen LogP) is 3.43. The van der Waals surface area contributed by atoms with Gasteiger partial charge in [-0.05, 0) is 42.8 Å². The van der Waals surface area contributed by atoms with Gasteiger partial charge >= 0.3 is 0 Å². The van der Waals surface area contributed by atoms with Crippen LogP contribution in [0.5, 0.6) is 11.5 Å². The third kappa shape index (κ3) is 3.78. The third-order valence-electron chi connectivity index (χ3n) is 3.60. The molecule has 2 aromatic rings. The second kappa shape index (κ2) is 7.48. The zero-order valence-corrected chi connectivity index (χ0v) is 13.1. The Morgan fingerprint density at radius 1 is 1.09 bits per heavy atom. The van der Waals surface area contributed by atoms with E-state index in [1.165, 1.54) is 0 Å². The first-order valence-electron chi connectivity index (χ1n) is 7.12. The minimum absolute atomic E-state index is 0.112. The van der Waals surface area contributed by atoms with Gasteiger partial charge in [0.15, 0.2) is 0 Å². The quantitative estimate of drug-likeness (QED) is 0.887. The molecular formula is C18H20N2O2. The van der Waals surface area contributed by atoms with Gasteiger partial charge in [0.1, 0.15) is 11.5 Å². The molecule has 0 bridgehead atoms. The van der Waals surface area contributed by atoms with Gasteiger partial charge in [0.2, 0.25) is 0 Å². The molecule has 0 aliphatic carbocycles. The van der Waals surface area contributed by atoms with Crippen LogP contribution in [0.1, 0.15) is 29.7 Å². The van der Waals surface area contributed by atoms with Crippen molar-refractivity contribution < 1.29 is 9.47 Å². The number of ether oxygens (including phenoxy) is 2. The van der Waals surface area contributed by atoms with Crippen LogP contribution in [-0.4, -0.2) is 14.2 Å². The van der Waals surface area contributed by atoms with Gasteiger partial charge < -0.3 is 14.8 Å². The monoisotopic (exact) mass is 296 g/mol. The average Bonchev–Trinajstić information content (AvgIpc) is 2.59. The lowest BCUT2D eigenvalue weighted by Crippen LogP contribution is -2.18. The van der Waals surface area contributed by atoms with Gasteiger partial charge in [-0.1, -0.05) is 12.1 Å². The first-order valence-corrected chi connectivity index (χ1v) is 7.12. The molecule has 1 unspecified atom stereocenters. The molecule has 114 valence electrons. The topological polar surface area (TPSA) is 54.3 Å². The summed E-state index contributed by atoms with van der Waals surface area (Å²) < 4.78 is 10.7. The van der Waals surface area contributed by atoms with Crippen LogP contribution < -0.4 is 14.8 Å². The maximum atomic E-state index is 8.81. The van der Waals surface area contributed by atoms with E-state index in [0.29, 0.717) is 12.1 Å². The van der Waals surface area contributed by atoms with Gasteiger partial charge in [-0.15, -0.1) is 0 Å². The average molecular weight is 296 g/mol. The predicted molar refractivity (Wildman–Crippen MR) is 86.0 cm³/mol. The van der Waals surface area contributed by atoms with Gasteiger partial charge in [-0.25, -0.2) is 0 Å². The van der Waals surface area contributed by atoms with E-state index < -0.39 is 0 Å². The van der Waals surface area contributed by atoms with Crippen molar-refractivity contribution in [3.05, 3.63) is 59.2 Å². The maximum Gasteiger partial charge on any atom is 0.123 e. The van der Waals surface area contributed by atoms with E-state index in [-0.39, 0.29) is 6.04 Å². The molecule has 0 saturated heterocycles. The molecule has 0 amide bonds. The number of methoxy groups -OCH3 is 2. The van der Waals surface area contributed by atoms with Crippen molar-refractivity contribution in [2.75, 3.05) is 14.2 Å². The SMILES string of the molecule is COc1ccc(OC)c(C(C)NCc2ccc(C#N)cc2)c1. The summed E-state index contributed by atoms with van der Waals surface area (Å²) in [5, 5.41) is 12.3. The minimum atomic E-state index is 0.112. The summed E-state index contributed by atoms with van der Waals surface area (Å²) in [4.78, 5) is 0. The van der Waals surface area contributed by atoms with Crippen molar-refractivity contribution >= 4 is 0 Å². The Kier molecular flexibility index (Phi) is 5.40. The molecular weight excluding hydrogens is 276 g/mol. The second-order valence-corrected chi connectivity index (χ2v) is 5.02. The molecule has 0 fully saturated rings. The molecule has 1 atom stereocenters. The highest BCUT2D eigenvalue weighted by Gasteiger charge is 2.12. The molecule has 0 saturated carbocycles. The number of rotatable bonds is 6. The molecule has 2 aromatic carbocycles. The van der Waals surface area contributed by atoms with Gasteiger partial charge in [0.05, 0.1) is 25.9 Å². The molecule has 0 aliphatic heterocycles. The Morgan fingerprint density at radius 2 is 1.82 bits per heavy atom. The smallest absolute Gasteiger partial charge is 0.123 e. The van der Waals surface area contributed by atoms with E-state index in [4.69, 9.17) is 14.7 Å². The van der Waals surface area contributed by atoms with Gasteiger partial charge in [0, 0.05) is 18.2 Å². The van der Waals surface area contributed by atoms with E-state index in [1.54, 1.807) is 14.2 Å². The minimum Gasteiger partial charge on any atom is -0.497 e. The van der Waals surface area contributed by atoms with Crippen LogP contribution >= 0.6 is 0 Å². The van der Waals surface area contributed by atoms with E-state index in [9.17, 15) is 0 Å². The van der Waals surface area contributed by atoms with E-state index in [0.717, 1.165) is 22.6 Å². The normalized spacial score (nSPS) is 11.5. The molecule has 0 radical (unpaired) electrons. The summed E-state index contributed by atoms with van der Waals surface area (Å²) >= 11 is 0. The Morgan fingerprint density at radius 3 is 2.41 bits per heavy atom. The number of nitrogens with one attached hydrogen (secondary N) is 1. The number of nitrogens with zero attached hydrogens (tertiary/aromatic N) is 1. The zero-order chi connectivity index (χ0) is 15.9. The van der Waals surface area contributed by atoms with Gasteiger partial charge in [-0.3, -0.25) is 0 Å². The van der Waals surface area contributed by atoms with Crippen molar-refractivity contribution in [3.8, 4) is 17.6 Å². The van der Waals surface area contributed by atoms with Crippen molar-refractivity contribution in [3.63, 3.8) is 0 Å². The second-order valence-electron chi connectivity index (χ2n) is 5.02. The summed E-state index contributed by atoms with van der Waals surface area (Å²) in [5.41, 5.74) is 2.86. The first-order chi connectivity index (χ1) is 10.7. The van der Waals surface area contributed by atoms with E-state index >= 15 is 0 Å². The standard InChI is InChI=1S/C18H20N2O2/c1-13(17-10-16(21-2)8-9-18(17)22-3)20-12-15-6-4-14(11-19)5-7-15/h4-10,13,20H,12H2,1-3H3. The fraction of sp³-hybridized carbons (Fsp3) is 0.278. The van der Waals surface area contributed by atoms with Crippen LogP contribution in [-0.2, 0) is 6.54 Å². The number of benzene rings is 2. The van der Waals surface area contributed by atoms with Crippen LogP contribution in [0.3, 0.4) is 0 Å². The highest BCUT2D eigenvalue weighted by atomic mass is 16.5. The molecule has 0 aromatic heterocycles. The van der Waals surface area contributed by atoms with E-state index in [1.807, 2.05) is 42.5 Å². The first kappa shape index (κ1) is 15.9. The van der Waals surface area contributed by atoms with Crippen LogP contribution in [0.25, 0.3) is 0 Å². The summed E-state index contributed by atoms with van der Waals surface area (Å²) in [6.07, 6.45) is 0. The fourth-order valence-corrected chi connectivity index (χ4v) is 2.26. The van der Waals surface area contributed by atoms with E-state index in [2.05, 4.69) is 18.3 Å². The van der Waals surface area contributed by atoms with Gasteiger partial charge in [0.25, 0.3) is 0 Å². The molecule has 4 nitrogen and oxygen atoms in total. The zero-order valence-electron chi connectivity index (χ0n) is 13.1. The summed E-state index contributed by atoms with van der Waals surface area (Å²) in [5.74, 6) is 1.64. The van der Waals surface area contributed by atoms with Crippen molar-refractivity contribution in [1.82, 2.24) is 5.32 Å². The molecule has 0 heterocycles. The summed E-state index contributed by atoms with van der Waals surface area (Å²) in [6.45, 7) is 2.80. The Balaban J connectivity index is 2.08. The largest absolute Gasteiger partial charge is 0.497 e. The van der Waals surface area contributed by atoms with Gasteiger partial charge in [-0.2, -0.15) is 5.26 Å².